The van der Waals surface area contributed by atoms with Crippen molar-refractivity contribution < 1.29 is 17.6 Å². The minimum absolute atomic E-state index is 0.00734. The molecule has 0 saturated carbocycles. The van der Waals surface area contributed by atoms with Gasteiger partial charge in [0.05, 0.1) is 12.4 Å². The smallest absolute Gasteiger partial charge is 0.194 e. The van der Waals surface area contributed by atoms with Gasteiger partial charge in [0.15, 0.2) is 17.5 Å². The third-order valence-corrected chi connectivity index (χ3v) is 2.63. The number of hydrogen-bond donors (Lipinski definition) is 0. The Morgan fingerprint density at radius 2 is 1.43 bits per heavy atom. The molecule has 21 heavy (non-hydrogen) atoms. The van der Waals surface area contributed by atoms with Crippen LogP contribution in [-0.4, -0.2) is 12.4 Å². The second-order valence-electron chi connectivity index (χ2n) is 4.31. The molecule has 0 aliphatic carbocycles. The second kappa shape index (κ2) is 6.30. The highest BCUT2D eigenvalue weighted by Crippen LogP contribution is 2.12. The SMILES string of the molecule is Cc1ccc(C=NN=Cc2cc(F)c(F)c(F)c2)c(F)c1. The molecule has 2 nitrogen and oxygen atoms in total. The van der Waals surface area contributed by atoms with Crippen molar-refractivity contribution in [3.05, 3.63) is 70.3 Å². The molecule has 0 bridgehead atoms. The summed E-state index contributed by atoms with van der Waals surface area (Å²) in [6, 6.07) is 6.14. The fourth-order valence-electron chi connectivity index (χ4n) is 1.58. The van der Waals surface area contributed by atoms with Crippen LogP contribution in [0.15, 0.2) is 40.5 Å². The molecule has 0 saturated heterocycles. The van der Waals surface area contributed by atoms with Crippen LogP contribution in [0, 0.1) is 30.2 Å². The first-order chi connectivity index (χ1) is 9.97. The largest absolute Gasteiger partial charge is 0.206 e. The summed E-state index contributed by atoms with van der Waals surface area (Å²) < 4.78 is 52.1. The first-order valence-corrected chi connectivity index (χ1v) is 5.94. The highest BCUT2D eigenvalue weighted by atomic mass is 19.2. The summed E-state index contributed by atoms with van der Waals surface area (Å²) in [4.78, 5) is 0. The maximum absolute atomic E-state index is 13.5. The molecule has 0 fully saturated rings. The fourth-order valence-corrected chi connectivity index (χ4v) is 1.58. The topological polar surface area (TPSA) is 24.7 Å². The lowest BCUT2D eigenvalue weighted by atomic mass is 10.1. The maximum Gasteiger partial charge on any atom is 0.194 e. The molecular formula is C15H10F4N2. The highest BCUT2D eigenvalue weighted by Gasteiger charge is 2.09. The predicted octanol–water partition coefficient (Wildman–Crippen LogP) is 4.00. The molecule has 0 aliphatic rings. The molecule has 0 unspecified atom stereocenters. The quantitative estimate of drug-likeness (QED) is 0.354. The molecule has 2 aromatic carbocycles. The van der Waals surface area contributed by atoms with Gasteiger partial charge in [0.25, 0.3) is 0 Å². The van der Waals surface area contributed by atoms with Crippen LogP contribution in [0.25, 0.3) is 0 Å². The van der Waals surface area contributed by atoms with Gasteiger partial charge in [0, 0.05) is 11.1 Å². The van der Waals surface area contributed by atoms with Crippen LogP contribution >= 0.6 is 0 Å². The van der Waals surface area contributed by atoms with Crippen LogP contribution in [0.2, 0.25) is 0 Å². The molecule has 0 heterocycles. The third-order valence-electron chi connectivity index (χ3n) is 2.63. The van der Waals surface area contributed by atoms with Gasteiger partial charge in [0.1, 0.15) is 5.82 Å². The number of nitrogens with zero attached hydrogens (tertiary/aromatic N) is 2. The normalized spacial score (nSPS) is 11.7. The number of aryl methyl sites for hydroxylation is 1. The van der Waals surface area contributed by atoms with Gasteiger partial charge >= 0.3 is 0 Å². The van der Waals surface area contributed by atoms with Crippen molar-refractivity contribution in [2.75, 3.05) is 0 Å². The van der Waals surface area contributed by atoms with Crippen LogP contribution in [-0.2, 0) is 0 Å². The Hall–Kier alpha value is -2.50. The lowest BCUT2D eigenvalue weighted by Crippen LogP contribution is -1.93. The van der Waals surface area contributed by atoms with Crippen LogP contribution in [0.3, 0.4) is 0 Å². The van der Waals surface area contributed by atoms with E-state index < -0.39 is 23.3 Å². The van der Waals surface area contributed by atoms with Gasteiger partial charge in [-0.25, -0.2) is 17.6 Å². The Kier molecular flexibility index (Phi) is 4.47. The van der Waals surface area contributed by atoms with E-state index in [1.807, 2.05) is 0 Å². The van der Waals surface area contributed by atoms with E-state index in [-0.39, 0.29) is 11.1 Å². The molecule has 0 N–H and O–H groups in total. The van der Waals surface area contributed by atoms with E-state index in [0.717, 1.165) is 23.9 Å². The second-order valence-corrected chi connectivity index (χ2v) is 4.31. The molecule has 0 atom stereocenters. The van der Waals surface area contributed by atoms with E-state index >= 15 is 0 Å². The van der Waals surface area contributed by atoms with Crippen molar-refractivity contribution in [1.29, 1.82) is 0 Å². The Balaban J connectivity index is 2.13. The Morgan fingerprint density at radius 3 is 2.05 bits per heavy atom. The summed E-state index contributed by atoms with van der Waals surface area (Å²) in [5, 5.41) is 7.11. The van der Waals surface area contributed by atoms with Crippen LogP contribution in [0.4, 0.5) is 17.6 Å². The van der Waals surface area contributed by atoms with Crippen LogP contribution < -0.4 is 0 Å². The van der Waals surface area contributed by atoms with Crippen LogP contribution in [0.1, 0.15) is 16.7 Å². The molecule has 108 valence electrons. The van der Waals surface area contributed by atoms with Crippen molar-refractivity contribution in [1.82, 2.24) is 0 Å². The summed E-state index contributed by atoms with van der Waals surface area (Å²) in [7, 11) is 0. The molecule has 6 heteroatoms. The zero-order chi connectivity index (χ0) is 15.4. The van der Waals surface area contributed by atoms with E-state index in [1.165, 1.54) is 18.3 Å². The van der Waals surface area contributed by atoms with Gasteiger partial charge in [-0.3, -0.25) is 0 Å². The van der Waals surface area contributed by atoms with Gasteiger partial charge in [-0.2, -0.15) is 10.2 Å². The van der Waals surface area contributed by atoms with Crippen LogP contribution in [0.5, 0.6) is 0 Å². The van der Waals surface area contributed by atoms with E-state index in [9.17, 15) is 17.6 Å². The number of rotatable bonds is 3. The number of halogens is 4. The fraction of sp³-hybridized carbons (Fsp3) is 0.0667. The van der Waals surface area contributed by atoms with E-state index in [2.05, 4.69) is 10.2 Å². The lowest BCUT2D eigenvalue weighted by molar-refractivity contribution is 0.447. The van der Waals surface area contributed by atoms with Crippen molar-refractivity contribution >= 4 is 12.4 Å². The summed E-state index contributed by atoms with van der Waals surface area (Å²) in [5.74, 6) is -4.62. The van der Waals surface area contributed by atoms with Crippen molar-refractivity contribution in [3.63, 3.8) is 0 Å². The van der Waals surface area contributed by atoms with Gasteiger partial charge in [-0.05, 0) is 30.7 Å². The predicted molar refractivity (Wildman–Crippen MR) is 72.6 cm³/mol. The standard InChI is InChI=1S/C15H10F4N2/c1-9-2-3-11(12(16)4-9)8-21-20-7-10-5-13(17)15(19)14(18)6-10/h2-8H,1H3. The Bertz CT molecular complexity index is 701. The van der Waals surface area contributed by atoms with Gasteiger partial charge in [-0.1, -0.05) is 12.1 Å². The van der Waals surface area contributed by atoms with E-state index in [4.69, 9.17) is 0 Å². The van der Waals surface area contributed by atoms with Gasteiger partial charge < -0.3 is 0 Å². The molecule has 0 aromatic heterocycles. The minimum Gasteiger partial charge on any atom is -0.206 e. The monoisotopic (exact) mass is 294 g/mol. The minimum atomic E-state index is -1.54. The summed E-state index contributed by atoms with van der Waals surface area (Å²) in [5.41, 5.74) is 1.01. The van der Waals surface area contributed by atoms with E-state index in [0.29, 0.717) is 0 Å². The molecule has 0 amide bonds. The average molecular weight is 294 g/mol. The third kappa shape index (κ3) is 3.75. The Morgan fingerprint density at radius 1 is 0.810 bits per heavy atom. The van der Waals surface area contributed by atoms with Crippen molar-refractivity contribution in [2.45, 2.75) is 6.92 Å². The molecular weight excluding hydrogens is 284 g/mol. The average Bonchev–Trinajstić information content (AvgIpc) is 2.42. The molecule has 2 rings (SSSR count). The summed E-state index contributed by atoms with van der Waals surface area (Å²) in [6.07, 6.45) is 2.20. The zero-order valence-electron chi connectivity index (χ0n) is 10.9. The summed E-state index contributed by atoms with van der Waals surface area (Å²) in [6.45, 7) is 1.75. The van der Waals surface area contributed by atoms with Crippen molar-refractivity contribution in [3.8, 4) is 0 Å². The molecule has 0 aliphatic heterocycles. The highest BCUT2D eigenvalue weighted by molar-refractivity contribution is 5.82. The first-order valence-electron chi connectivity index (χ1n) is 5.94. The molecule has 0 radical (unpaired) electrons. The molecule has 0 spiro atoms. The summed E-state index contributed by atoms with van der Waals surface area (Å²) >= 11 is 0. The first kappa shape index (κ1) is 14.9. The van der Waals surface area contributed by atoms with Gasteiger partial charge in [0.2, 0.25) is 0 Å². The molecule has 2 aromatic rings. The number of hydrogen-bond acceptors (Lipinski definition) is 2. The maximum atomic E-state index is 13.5. The van der Waals surface area contributed by atoms with Crippen molar-refractivity contribution in [2.24, 2.45) is 10.2 Å². The lowest BCUT2D eigenvalue weighted by Gasteiger charge is -1.97. The van der Waals surface area contributed by atoms with Gasteiger partial charge in [-0.15, -0.1) is 0 Å². The Labute approximate surface area is 118 Å². The zero-order valence-corrected chi connectivity index (χ0v) is 10.9. The number of benzene rings is 2. The van der Waals surface area contributed by atoms with E-state index in [1.54, 1.807) is 13.0 Å².